The van der Waals surface area contributed by atoms with Crippen molar-refractivity contribution in [2.75, 3.05) is 11.9 Å². The largest absolute Gasteiger partial charge is 0.395 e. The van der Waals surface area contributed by atoms with Gasteiger partial charge in [0.2, 0.25) is 10.0 Å². The number of hydrogen-bond donors (Lipinski definition) is 3. The Labute approximate surface area is 174 Å². The predicted molar refractivity (Wildman–Crippen MR) is 108 cm³/mol. The highest BCUT2D eigenvalue weighted by Gasteiger charge is 2.33. The van der Waals surface area contributed by atoms with Gasteiger partial charge in [-0.3, -0.25) is 4.79 Å². The average Bonchev–Trinajstić information content (AvgIpc) is 2.79. The maximum absolute atomic E-state index is 13.5. The number of benzene rings is 1. The standard InChI is InChI=1S/C20H25F2N3O4S/c1-12(11-26)24-30(28,29)19-13(2)18(25-9-5-3-4-6-17(19)25)20(27)23-14-7-8-15(21)16(22)10-14/h7-8,10,12,24,26H,3-6,9,11H2,1-2H3,(H,23,27). The minimum atomic E-state index is -3.98. The van der Waals surface area contributed by atoms with E-state index in [2.05, 4.69) is 10.0 Å². The lowest BCUT2D eigenvalue weighted by Gasteiger charge is -2.13. The van der Waals surface area contributed by atoms with Gasteiger partial charge in [0.05, 0.1) is 6.61 Å². The van der Waals surface area contributed by atoms with Crippen molar-refractivity contribution in [1.82, 2.24) is 9.29 Å². The van der Waals surface area contributed by atoms with Crippen LogP contribution in [0.4, 0.5) is 14.5 Å². The van der Waals surface area contributed by atoms with Gasteiger partial charge in [-0.2, -0.15) is 0 Å². The summed E-state index contributed by atoms with van der Waals surface area (Å²) in [6.45, 7) is 3.21. The lowest BCUT2D eigenvalue weighted by atomic mass is 10.1. The molecule has 1 aliphatic rings. The zero-order valence-corrected chi connectivity index (χ0v) is 17.7. The molecule has 2 heterocycles. The predicted octanol–water partition coefficient (Wildman–Crippen LogP) is 2.71. The number of nitrogens with zero attached hydrogens (tertiary/aromatic N) is 1. The van der Waals surface area contributed by atoms with E-state index in [1.165, 1.54) is 6.07 Å². The molecule has 7 nitrogen and oxygen atoms in total. The average molecular weight is 442 g/mol. The number of fused-ring (bicyclic) bond motifs is 1. The van der Waals surface area contributed by atoms with Gasteiger partial charge in [0, 0.05) is 35.6 Å². The number of anilines is 1. The van der Waals surface area contributed by atoms with Crippen LogP contribution in [-0.4, -0.2) is 36.6 Å². The Balaban J connectivity index is 2.07. The fourth-order valence-electron chi connectivity index (χ4n) is 3.79. The summed E-state index contributed by atoms with van der Waals surface area (Å²) in [5.41, 5.74) is 1.07. The second-order valence-electron chi connectivity index (χ2n) is 7.50. The first kappa shape index (κ1) is 22.4. The third kappa shape index (κ3) is 4.40. The molecular formula is C20H25F2N3O4S. The molecule has 164 valence electrons. The molecule has 3 rings (SSSR count). The normalized spacial score (nSPS) is 15.4. The van der Waals surface area contributed by atoms with Crippen molar-refractivity contribution in [2.24, 2.45) is 0 Å². The summed E-state index contributed by atoms with van der Waals surface area (Å²) in [6.07, 6.45) is 2.95. The molecule has 1 unspecified atom stereocenters. The molecule has 0 radical (unpaired) electrons. The number of aliphatic hydroxyl groups excluding tert-OH is 1. The van der Waals surface area contributed by atoms with Crippen molar-refractivity contribution < 1.29 is 27.1 Å². The summed E-state index contributed by atoms with van der Waals surface area (Å²) in [5, 5.41) is 11.8. The molecular weight excluding hydrogens is 416 g/mol. The SMILES string of the molecule is Cc1c(S(=O)(=O)NC(C)CO)c2n(c1C(=O)Nc1ccc(F)c(F)c1)CCCCC2. The van der Waals surface area contributed by atoms with Crippen molar-refractivity contribution in [3.63, 3.8) is 0 Å². The second-order valence-corrected chi connectivity index (χ2v) is 9.15. The first-order valence-corrected chi connectivity index (χ1v) is 11.3. The van der Waals surface area contributed by atoms with Crippen LogP contribution < -0.4 is 10.0 Å². The number of carbonyl (C=O) groups excluding carboxylic acids is 1. The molecule has 1 aromatic carbocycles. The van der Waals surface area contributed by atoms with Gasteiger partial charge in [0.25, 0.3) is 5.91 Å². The molecule has 1 aromatic heterocycles. The lowest BCUT2D eigenvalue weighted by Crippen LogP contribution is -2.35. The van der Waals surface area contributed by atoms with E-state index in [0.717, 1.165) is 31.4 Å². The number of aromatic nitrogens is 1. The van der Waals surface area contributed by atoms with Crippen LogP contribution in [0.15, 0.2) is 23.1 Å². The molecule has 2 aromatic rings. The molecule has 10 heteroatoms. The Hall–Kier alpha value is -2.30. The molecule has 30 heavy (non-hydrogen) atoms. The highest BCUT2D eigenvalue weighted by molar-refractivity contribution is 7.89. The van der Waals surface area contributed by atoms with Gasteiger partial charge in [-0.15, -0.1) is 0 Å². The third-order valence-corrected chi connectivity index (χ3v) is 6.93. The van der Waals surface area contributed by atoms with Gasteiger partial charge in [-0.05, 0) is 45.2 Å². The van der Waals surface area contributed by atoms with Gasteiger partial charge in [0.1, 0.15) is 10.6 Å². The summed E-state index contributed by atoms with van der Waals surface area (Å²) in [5.74, 6) is -2.72. The maximum Gasteiger partial charge on any atom is 0.272 e. The number of hydrogen-bond acceptors (Lipinski definition) is 4. The van der Waals surface area contributed by atoms with Gasteiger partial charge < -0.3 is 15.0 Å². The van der Waals surface area contributed by atoms with Crippen molar-refractivity contribution in [3.05, 3.63) is 46.8 Å². The first-order valence-electron chi connectivity index (χ1n) is 9.77. The van der Waals surface area contributed by atoms with Crippen molar-refractivity contribution in [2.45, 2.75) is 57.0 Å². The van der Waals surface area contributed by atoms with Crippen LogP contribution in [-0.2, 0) is 23.0 Å². The van der Waals surface area contributed by atoms with Crippen molar-refractivity contribution in [3.8, 4) is 0 Å². The van der Waals surface area contributed by atoms with Gasteiger partial charge in [-0.25, -0.2) is 21.9 Å². The zero-order valence-electron chi connectivity index (χ0n) is 16.8. The van der Waals surface area contributed by atoms with Crippen LogP contribution in [0.5, 0.6) is 0 Å². The number of amides is 1. The summed E-state index contributed by atoms with van der Waals surface area (Å²) in [7, 11) is -3.98. The van der Waals surface area contributed by atoms with Gasteiger partial charge in [0.15, 0.2) is 11.6 Å². The number of halogens is 2. The molecule has 0 spiro atoms. The maximum atomic E-state index is 13.5. The van der Waals surface area contributed by atoms with Crippen LogP contribution >= 0.6 is 0 Å². The number of carbonyl (C=O) groups is 1. The molecule has 3 N–H and O–H groups in total. The van der Waals surface area contributed by atoms with Gasteiger partial charge >= 0.3 is 0 Å². The van der Waals surface area contributed by atoms with Gasteiger partial charge in [-0.1, -0.05) is 6.42 Å². The summed E-state index contributed by atoms with van der Waals surface area (Å²) in [4.78, 5) is 13.1. The van der Waals surface area contributed by atoms with E-state index in [0.29, 0.717) is 18.7 Å². The fourth-order valence-corrected chi connectivity index (χ4v) is 5.54. The Morgan fingerprint density at radius 1 is 1.23 bits per heavy atom. The zero-order chi connectivity index (χ0) is 22.1. The Kier molecular flexibility index (Phi) is 6.59. The van der Waals surface area contributed by atoms with E-state index < -0.39 is 33.6 Å². The Morgan fingerprint density at radius 3 is 2.63 bits per heavy atom. The number of aliphatic hydroxyl groups is 1. The van der Waals surface area contributed by atoms with Crippen LogP contribution in [0.25, 0.3) is 0 Å². The number of sulfonamides is 1. The summed E-state index contributed by atoms with van der Waals surface area (Å²) in [6, 6.07) is 2.33. The monoisotopic (exact) mass is 441 g/mol. The Morgan fingerprint density at radius 2 is 1.97 bits per heavy atom. The molecule has 1 aliphatic heterocycles. The molecule has 0 saturated carbocycles. The Bertz CT molecular complexity index is 1070. The van der Waals surface area contributed by atoms with E-state index in [1.54, 1.807) is 18.4 Å². The van der Waals surface area contributed by atoms with Crippen molar-refractivity contribution >= 4 is 21.6 Å². The molecule has 1 amide bonds. The topological polar surface area (TPSA) is 100 Å². The third-order valence-electron chi connectivity index (χ3n) is 5.14. The minimum absolute atomic E-state index is 0.0418. The lowest BCUT2D eigenvalue weighted by molar-refractivity contribution is 0.101. The minimum Gasteiger partial charge on any atom is -0.395 e. The van der Waals surface area contributed by atoms with Crippen LogP contribution in [0.1, 0.15) is 47.9 Å². The number of rotatable bonds is 6. The highest BCUT2D eigenvalue weighted by atomic mass is 32.2. The smallest absolute Gasteiger partial charge is 0.272 e. The van der Waals surface area contributed by atoms with Crippen LogP contribution in [0.2, 0.25) is 0 Å². The van der Waals surface area contributed by atoms with E-state index in [-0.39, 0.29) is 28.4 Å². The molecule has 0 saturated heterocycles. The van der Waals surface area contributed by atoms with E-state index in [4.69, 9.17) is 0 Å². The quantitative estimate of drug-likeness (QED) is 0.642. The van der Waals surface area contributed by atoms with E-state index in [9.17, 15) is 27.1 Å². The number of nitrogens with one attached hydrogen (secondary N) is 2. The molecule has 1 atom stereocenters. The molecule has 0 aliphatic carbocycles. The van der Waals surface area contributed by atoms with Crippen LogP contribution in [0.3, 0.4) is 0 Å². The molecule has 0 fully saturated rings. The van der Waals surface area contributed by atoms with Crippen LogP contribution in [0, 0.1) is 18.6 Å². The second kappa shape index (κ2) is 8.83. The molecule has 0 bridgehead atoms. The first-order chi connectivity index (χ1) is 14.2. The van der Waals surface area contributed by atoms with E-state index >= 15 is 0 Å². The van der Waals surface area contributed by atoms with E-state index in [1.807, 2.05) is 0 Å². The summed E-state index contributed by atoms with van der Waals surface area (Å²) < 4.78 is 56.9. The fraction of sp³-hybridized carbons (Fsp3) is 0.450. The van der Waals surface area contributed by atoms with Crippen molar-refractivity contribution in [1.29, 1.82) is 0 Å². The summed E-state index contributed by atoms with van der Waals surface area (Å²) >= 11 is 0. The highest BCUT2D eigenvalue weighted by Crippen LogP contribution is 2.32.